The molecule has 1 aromatic rings. The lowest BCUT2D eigenvalue weighted by Crippen LogP contribution is -2.01. The average molecular weight is 236 g/mol. The van der Waals surface area contributed by atoms with Gasteiger partial charge in [0.25, 0.3) is 0 Å². The van der Waals surface area contributed by atoms with Gasteiger partial charge in [-0.25, -0.2) is 0 Å². The highest BCUT2D eigenvalue weighted by atomic mass is 16.5. The maximum atomic E-state index is 5.61. The van der Waals surface area contributed by atoms with Crippen molar-refractivity contribution in [1.29, 1.82) is 0 Å². The number of nitrogens with two attached hydrogens (primary N) is 1. The minimum absolute atomic E-state index is 0.484. The van der Waals surface area contributed by atoms with E-state index in [1.165, 1.54) is 32.1 Å². The lowest BCUT2D eigenvalue weighted by molar-refractivity contribution is 0.303. The minimum Gasteiger partial charge on any atom is -0.492 e. The average Bonchev–Trinajstić information content (AvgIpc) is 2.38. The number of unbranched alkanes of at least 4 members (excludes halogenated alkanes) is 5. The van der Waals surface area contributed by atoms with Gasteiger partial charge in [0.05, 0.1) is 18.5 Å². The summed E-state index contributed by atoms with van der Waals surface area (Å²) in [5.41, 5.74) is 6.38. The van der Waals surface area contributed by atoms with Crippen LogP contribution in [-0.4, -0.2) is 11.6 Å². The smallest absolute Gasteiger partial charge is 0.137 e. The van der Waals surface area contributed by atoms with Crippen molar-refractivity contribution in [1.82, 2.24) is 4.98 Å². The van der Waals surface area contributed by atoms with Gasteiger partial charge >= 0.3 is 0 Å². The van der Waals surface area contributed by atoms with E-state index < -0.39 is 0 Å². The first-order chi connectivity index (χ1) is 8.36. The van der Waals surface area contributed by atoms with Gasteiger partial charge in [-0.1, -0.05) is 39.0 Å². The fourth-order valence-corrected chi connectivity index (χ4v) is 1.69. The third kappa shape index (κ3) is 6.27. The van der Waals surface area contributed by atoms with Crippen LogP contribution in [0.4, 0.5) is 0 Å². The van der Waals surface area contributed by atoms with Crippen molar-refractivity contribution >= 4 is 0 Å². The Balaban J connectivity index is 2.05. The van der Waals surface area contributed by atoms with Gasteiger partial charge < -0.3 is 10.5 Å². The second-order valence-electron chi connectivity index (χ2n) is 4.31. The number of nitrogens with zero attached hydrogens (tertiary/aromatic N) is 1. The Hall–Kier alpha value is -1.09. The van der Waals surface area contributed by atoms with Crippen LogP contribution in [0.5, 0.6) is 5.75 Å². The van der Waals surface area contributed by atoms with Crippen molar-refractivity contribution < 1.29 is 4.74 Å². The van der Waals surface area contributed by atoms with Crippen molar-refractivity contribution in [3.05, 3.63) is 24.0 Å². The van der Waals surface area contributed by atoms with E-state index in [2.05, 4.69) is 11.9 Å². The molecule has 0 atom stereocenters. The van der Waals surface area contributed by atoms with Crippen LogP contribution < -0.4 is 10.5 Å². The largest absolute Gasteiger partial charge is 0.492 e. The van der Waals surface area contributed by atoms with E-state index in [4.69, 9.17) is 10.5 Å². The molecule has 3 heteroatoms. The van der Waals surface area contributed by atoms with Gasteiger partial charge in [0, 0.05) is 6.54 Å². The summed E-state index contributed by atoms with van der Waals surface area (Å²) in [7, 11) is 0. The summed E-state index contributed by atoms with van der Waals surface area (Å²) in [4.78, 5) is 4.19. The Morgan fingerprint density at radius 1 is 1.12 bits per heavy atom. The zero-order valence-electron chi connectivity index (χ0n) is 10.8. The molecule has 0 fully saturated rings. The lowest BCUT2D eigenvalue weighted by Gasteiger charge is -2.06. The monoisotopic (exact) mass is 236 g/mol. The van der Waals surface area contributed by atoms with Gasteiger partial charge in [0.15, 0.2) is 0 Å². The van der Waals surface area contributed by atoms with Gasteiger partial charge in [-0.2, -0.15) is 0 Å². The molecular weight excluding hydrogens is 212 g/mol. The first-order valence-corrected chi connectivity index (χ1v) is 6.64. The molecule has 1 heterocycles. The molecule has 0 amide bonds. The van der Waals surface area contributed by atoms with E-state index in [1.807, 2.05) is 12.1 Å². The van der Waals surface area contributed by atoms with Gasteiger partial charge in [-0.05, 0) is 18.6 Å². The minimum atomic E-state index is 0.484. The molecule has 0 radical (unpaired) electrons. The maximum absolute atomic E-state index is 5.61. The highest BCUT2D eigenvalue weighted by molar-refractivity contribution is 5.19. The first-order valence-electron chi connectivity index (χ1n) is 6.64. The predicted octanol–water partition coefficient (Wildman–Crippen LogP) is 3.28. The molecule has 3 nitrogen and oxygen atoms in total. The summed E-state index contributed by atoms with van der Waals surface area (Å²) < 4.78 is 5.61. The first kappa shape index (κ1) is 14.0. The molecule has 1 aromatic heterocycles. The highest BCUT2D eigenvalue weighted by Gasteiger charge is 1.95. The molecular formula is C14H24N2O. The molecule has 2 N–H and O–H groups in total. The molecule has 0 aromatic carbocycles. The fourth-order valence-electron chi connectivity index (χ4n) is 1.69. The molecule has 17 heavy (non-hydrogen) atoms. The molecule has 1 rings (SSSR count). The number of rotatable bonds is 9. The van der Waals surface area contributed by atoms with Crippen molar-refractivity contribution in [2.24, 2.45) is 5.73 Å². The molecule has 0 aliphatic rings. The Morgan fingerprint density at radius 3 is 2.53 bits per heavy atom. The topological polar surface area (TPSA) is 48.1 Å². The quantitative estimate of drug-likeness (QED) is 0.669. The normalized spacial score (nSPS) is 10.5. The molecule has 0 aliphatic carbocycles. The number of ether oxygens (including phenoxy) is 1. The summed E-state index contributed by atoms with van der Waals surface area (Å²) in [6.45, 7) is 3.51. The maximum Gasteiger partial charge on any atom is 0.137 e. The fraction of sp³-hybridized carbons (Fsp3) is 0.643. The lowest BCUT2D eigenvalue weighted by atomic mass is 10.1. The Labute approximate surface area is 104 Å². The van der Waals surface area contributed by atoms with E-state index >= 15 is 0 Å². The summed E-state index contributed by atoms with van der Waals surface area (Å²) in [6, 6.07) is 3.85. The van der Waals surface area contributed by atoms with Crippen LogP contribution in [0, 0.1) is 0 Å². The summed E-state index contributed by atoms with van der Waals surface area (Å²) >= 11 is 0. The molecule has 0 spiro atoms. The summed E-state index contributed by atoms with van der Waals surface area (Å²) in [5.74, 6) is 0.843. The molecule has 96 valence electrons. The van der Waals surface area contributed by atoms with Gasteiger partial charge in [0.2, 0.25) is 0 Å². The third-order valence-electron chi connectivity index (χ3n) is 2.77. The molecule has 0 aliphatic heterocycles. The van der Waals surface area contributed by atoms with Crippen molar-refractivity contribution in [2.45, 2.75) is 52.0 Å². The Bertz CT molecular complexity index is 285. The number of pyridine rings is 1. The van der Waals surface area contributed by atoms with Crippen molar-refractivity contribution in [2.75, 3.05) is 6.61 Å². The number of hydrogen-bond acceptors (Lipinski definition) is 3. The van der Waals surface area contributed by atoms with E-state index in [9.17, 15) is 0 Å². The molecule has 0 unspecified atom stereocenters. The van der Waals surface area contributed by atoms with Gasteiger partial charge in [-0.3, -0.25) is 4.98 Å². The van der Waals surface area contributed by atoms with Crippen LogP contribution in [0.3, 0.4) is 0 Å². The Kier molecular flexibility index (Phi) is 7.39. The van der Waals surface area contributed by atoms with Crippen LogP contribution in [0.1, 0.15) is 51.1 Å². The third-order valence-corrected chi connectivity index (χ3v) is 2.77. The molecule has 0 bridgehead atoms. The van der Waals surface area contributed by atoms with Gasteiger partial charge in [-0.15, -0.1) is 0 Å². The zero-order chi connectivity index (χ0) is 12.3. The molecule has 0 saturated carbocycles. The van der Waals surface area contributed by atoms with Crippen LogP contribution in [-0.2, 0) is 6.54 Å². The summed E-state index contributed by atoms with van der Waals surface area (Å²) in [5, 5.41) is 0. The van der Waals surface area contributed by atoms with E-state index in [0.29, 0.717) is 6.54 Å². The standard InChI is InChI=1S/C14H24N2O/c1-2-3-4-5-6-7-10-17-14-9-8-13(11-15)16-12-14/h8-9,12H,2-7,10-11,15H2,1H3. The summed E-state index contributed by atoms with van der Waals surface area (Å²) in [6.07, 6.45) is 9.46. The van der Waals surface area contributed by atoms with Crippen LogP contribution >= 0.6 is 0 Å². The zero-order valence-corrected chi connectivity index (χ0v) is 10.8. The van der Waals surface area contributed by atoms with Crippen molar-refractivity contribution in [3.63, 3.8) is 0 Å². The van der Waals surface area contributed by atoms with E-state index in [0.717, 1.165) is 24.5 Å². The van der Waals surface area contributed by atoms with E-state index in [-0.39, 0.29) is 0 Å². The molecule has 0 saturated heterocycles. The van der Waals surface area contributed by atoms with Crippen LogP contribution in [0.15, 0.2) is 18.3 Å². The highest BCUT2D eigenvalue weighted by Crippen LogP contribution is 2.10. The van der Waals surface area contributed by atoms with Crippen molar-refractivity contribution in [3.8, 4) is 5.75 Å². The SMILES string of the molecule is CCCCCCCCOc1ccc(CN)nc1. The number of hydrogen-bond donors (Lipinski definition) is 1. The second kappa shape index (κ2) is 8.99. The van der Waals surface area contributed by atoms with Crippen LogP contribution in [0.2, 0.25) is 0 Å². The second-order valence-corrected chi connectivity index (χ2v) is 4.31. The van der Waals surface area contributed by atoms with Crippen LogP contribution in [0.25, 0.3) is 0 Å². The number of aromatic nitrogens is 1. The van der Waals surface area contributed by atoms with E-state index in [1.54, 1.807) is 6.20 Å². The predicted molar refractivity (Wildman–Crippen MR) is 71.0 cm³/mol. The Morgan fingerprint density at radius 2 is 1.88 bits per heavy atom. The van der Waals surface area contributed by atoms with Gasteiger partial charge in [0.1, 0.15) is 5.75 Å².